The lowest BCUT2D eigenvalue weighted by Gasteiger charge is -2.00. The summed E-state index contributed by atoms with van der Waals surface area (Å²) in [7, 11) is 1.58. The van der Waals surface area contributed by atoms with Gasteiger partial charge in [-0.3, -0.25) is 13.9 Å². The topological polar surface area (TPSA) is 37.4 Å². The van der Waals surface area contributed by atoms with Crippen molar-refractivity contribution in [2.45, 2.75) is 4.16 Å². The Kier molecular flexibility index (Phi) is 1.81. The summed E-state index contributed by atoms with van der Waals surface area (Å²) in [6, 6.07) is 0. The monoisotopic (exact) mass is 209 g/mol. The highest BCUT2D eigenvalue weighted by Gasteiger charge is 2.35. The number of nitrogens with zero attached hydrogens (tertiary/aromatic N) is 1. The first-order chi connectivity index (χ1) is 4.13. The first-order valence-corrected chi connectivity index (χ1v) is 4.01. The van der Waals surface area contributed by atoms with Crippen LogP contribution in [0.4, 0.5) is 0 Å². The molecule has 1 fully saturated rings. The van der Waals surface area contributed by atoms with Crippen molar-refractivity contribution in [2.75, 3.05) is 7.05 Å². The third-order valence-corrected chi connectivity index (χ3v) is 2.75. The normalized spacial score (nSPS) is 27.8. The van der Waals surface area contributed by atoms with Gasteiger partial charge in [-0.25, -0.2) is 0 Å². The van der Waals surface area contributed by atoms with Gasteiger partial charge in [0, 0.05) is 7.05 Å². The highest BCUT2D eigenvalue weighted by molar-refractivity contribution is 9.11. The average Bonchev–Trinajstić information content (AvgIpc) is 1.98. The second kappa shape index (κ2) is 2.30. The number of ketones is 1. The number of halogens is 1. The molecule has 0 aromatic heterocycles. The van der Waals surface area contributed by atoms with Crippen LogP contribution in [-0.4, -0.2) is 27.2 Å². The molecule has 0 aliphatic carbocycles. The molecule has 0 radical (unpaired) electrons. The van der Waals surface area contributed by atoms with E-state index in [1.807, 2.05) is 0 Å². The molecule has 1 rings (SSSR count). The molecule has 50 valence electrons. The first-order valence-electron chi connectivity index (χ1n) is 2.25. The van der Waals surface area contributed by atoms with Crippen molar-refractivity contribution in [3.63, 3.8) is 0 Å². The van der Waals surface area contributed by atoms with Gasteiger partial charge in [-0.2, -0.15) is 0 Å². The Balaban J connectivity index is 2.77. The molecule has 1 saturated heterocycles. The summed E-state index contributed by atoms with van der Waals surface area (Å²) >= 11 is 4.22. The maximum atomic E-state index is 10.7. The van der Waals surface area contributed by atoms with Gasteiger partial charge in [0.15, 0.2) is 0 Å². The number of alkyl halides is 1. The van der Waals surface area contributed by atoms with Crippen molar-refractivity contribution in [2.24, 2.45) is 0 Å². The van der Waals surface area contributed by atoms with Crippen LogP contribution in [-0.2, 0) is 9.59 Å². The second-order valence-electron chi connectivity index (χ2n) is 1.59. The smallest absolute Gasteiger partial charge is 0.286 e. The predicted octanol–water partition coefficient (Wildman–Crippen LogP) is 0.397. The average molecular weight is 210 g/mol. The molecule has 1 atom stereocenters. The number of likely N-dealkylation sites (N-methyl/N-ethyl adjacent to an activating group) is 1. The molecule has 5 heteroatoms. The van der Waals surface area contributed by atoms with Crippen LogP contribution in [0.15, 0.2) is 0 Å². The third-order valence-electron chi connectivity index (χ3n) is 0.954. The van der Waals surface area contributed by atoms with Gasteiger partial charge >= 0.3 is 5.91 Å². The minimum atomic E-state index is -0.429. The number of hydrogen-bond donors (Lipinski definition) is 0. The van der Waals surface area contributed by atoms with E-state index < -0.39 is 5.91 Å². The summed E-state index contributed by atoms with van der Waals surface area (Å²) in [6.07, 6.45) is 0. The fourth-order valence-corrected chi connectivity index (χ4v) is 2.09. The number of carbonyl (C=O) groups is 2. The van der Waals surface area contributed by atoms with Crippen molar-refractivity contribution in [3.8, 4) is 0 Å². The van der Waals surface area contributed by atoms with Crippen LogP contribution in [0.25, 0.3) is 0 Å². The largest absolute Gasteiger partial charge is 0.301 e. The maximum Gasteiger partial charge on any atom is 0.301 e. The van der Waals surface area contributed by atoms with Crippen LogP contribution in [0.3, 0.4) is 0 Å². The zero-order chi connectivity index (χ0) is 7.02. The van der Waals surface area contributed by atoms with Crippen LogP contribution < -0.4 is 0 Å². The Morgan fingerprint density at radius 3 is 2.33 bits per heavy atom. The SMILES string of the molecule is CN1SC(Br)C(=O)C1=O. The zero-order valence-electron chi connectivity index (χ0n) is 4.63. The molecule has 0 bridgehead atoms. The molecular formula is C4H4BrNO2S. The fourth-order valence-electron chi connectivity index (χ4n) is 0.487. The van der Waals surface area contributed by atoms with Gasteiger partial charge in [0.2, 0.25) is 5.78 Å². The van der Waals surface area contributed by atoms with Crippen LogP contribution >= 0.6 is 27.9 Å². The lowest BCUT2D eigenvalue weighted by molar-refractivity contribution is -0.138. The van der Waals surface area contributed by atoms with E-state index in [4.69, 9.17) is 0 Å². The molecule has 0 spiro atoms. The number of rotatable bonds is 0. The van der Waals surface area contributed by atoms with E-state index in [-0.39, 0.29) is 9.94 Å². The van der Waals surface area contributed by atoms with E-state index >= 15 is 0 Å². The first kappa shape index (κ1) is 7.08. The highest BCUT2D eigenvalue weighted by Crippen LogP contribution is 2.28. The summed E-state index contributed by atoms with van der Waals surface area (Å²) in [5, 5.41) is 0. The Hall–Kier alpha value is -0.0300. The van der Waals surface area contributed by atoms with Crippen molar-refractivity contribution < 1.29 is 9.59 Å². The van der Waals surface area contributed by atoms with E-state index in [2.05, 4.69) is 15.9 Å². The fraction of sp³-hybridized carbons (Fsp3) is 0.500. The Labute approximate surface area is 65.0 Å². The molecule has 0 N–H and O–H groups in total. The van der Waals surface area contributed by atoms with Gasteiger partial charge < -0.3 is 0 Å². The third kappa shape index (κ3) is 1.11. The van der Waals surface area contributed by atoms with E-state index in [0.717, 1.165) is 0 Å². The van der Waals surface area contributed by atoms with Crippen molar-refractivity contribution in [3.05, 3.63) is 0 Å². The Morgan fingerprint density at radius 2 is 2.22 bits per heavy atom. The van der Waals surface area contributed by atoms with E-state index in [1.165, 1.54) is 16.3 Å². The van der Waals surface area contributed by atoms with Gasteiger partial charge in [0.1, 0.15) is 4.16 Å². The minimum Gasteiger partial charge on any atom is -0.286 e. The van der Waals surface area contributed by atoms with E-state index in [9.17, 15) is 9.59 Å². The quantitative estimate of drug-likeness (QED) is 0.330. The van der Waals surface area contributed by atoms with Crippen molar-refractivity contribution in [1.82, 2.24) is 4.31 Å². The van der Waals surface area contributed by atoms with Crippen molar-refractivity contribution >= 4 is 39.6 Å². The standard InChI is InChI=1S/C4H4BrNO2S/c1-6-4(8)2(7)3(5)9-6/h3H,1H3. The van der Waals surface area contributed by atoms with Gasteiger partial charge in [-0.05, 0) is 11.9 Å². The summed E-state index contributed by atoms with van der Waals surface area (Å²) in [5.74, 6) is -0.802. The van der Waals surface area contributed by atoms with Gasteiger partial charge in [-0.15, -0.1) is 0 Å². The van der Waals surface area contributed by atoms with Crippen LogP contribution in [0, 0.1) is 0 Å². The molecule has 1 heterocycles. The number of Topliss-reactive ketones (excluding diaryl/α,β-unsaturated/α-hetero) is 1. The predicted molar refractivity (Wildman–Crippen MR) is 38.1 cm³/mol. The Morgan fingerprint density at radius 1 is 1.67 bits per heavy atom. The number of hydrogen-bond acceptors (Lipinski definition) is 3. The second-order valence-corrected chi connectivity index (χ2v) is 4.34. The lowest BCUT2D eigenvalue weighted by atomic mass is 10.4. The molecular weight excluding hydrogens is 206 g/mol. The highest BCUT2D eigenvalue weighted by atomic mass is 79.9. The number of amides is 1. The molecule has 3 nitrogen and oxygen atoms in total. The number of carbonyl (C=O) groups excluding carboxylic acids is 2. The lowest BCUT2D eigenvalue weighted by Crippen LogP contribution is -2.20. The zero-order valence-corrected chi connectivity index (χ0v) is 7.03. The molecule has 9 heavy (non-hydrogen) atoms. The van der Waals surface area contributed by atoms with E-state index in [0.29, 0.717) is 0 Å². The molecule has 1 aliphatic heterocycles. The van der Waals surface area contributed by atoms with Gasteiger partial charge in [-0.1, -0.05) is 15.9 Å². The van der Waals surface area contributed by atoms with Crippen molar-refractivity contribution in [1.29, 1.82) is 0 Å². The summed E-state index contributed by atoms with van der Waals surface area (Å²) < 4.78 is 0.955. The van der Waals surface area contributed by atoms with Crippen LogP contribution in [0.1, 0.15) is 0 Å². The minimum absolute atomic E-state index is 0.366. The van der Waals surface area contributed by atoms with Gasteiger partial charge in [0.05, 0.1) is 0 Å². The Bertz CT molecular complexity index is 154. The molecule has 0 aromatic carbocycles. The van der Waals surface area contributed by atoms with Gasteiger partial charge in [0.25, 0.3) is 0 Å². The molecule has 1 aliphatic rings. The molecule has 1 unspecified atom stereocenters. The molecule has 0 saturated carbocycles. The summed E-state index contributed by atoms with van der Waals surface area (Å²) in [5.41, 5.74) is 0. The molecule has 0 aromatic rings. The molecule has 1 amide bonds. The van der Waals surface area contributed by atoms with Crippen LogP contribution in [0.5, 0.6) is 0 Å². The summed E-state index contributed by atoms with van der Waals surface area (Å²) in [4.78, 5) is 21.3. The maximum absolute atomic E-state index is 10.7. The van der Waals surface area contributed by atoms with E-state index in [1.54, 1.807) is 7.05 Å². The van der Waals surface area contributed by atoms with Crippen LogP contribution in [0.2, 0.25) is 0 Å². The summed E-state index contributed by atoms with van der Waals surface area (Å²) in [6.45, 7) is 0.